The second kappa shape index (κ2) is 4.82. The third-order valence-electron chi connectivity index (χ3n) is 2.61. The fourth-order valence-electron chi connectivity index (χ4n) is 1.67. The van der Waals surface area contributed by atoms with E-state index in [0.717, 1.165) is 11.4 Å². The summed E-state index contributed by atoms with van der Waals surface area (Å²) in [6.45, 7) is 2.20. The van der Waals surface area contributed by atoms with Crippen molar-refractivity contribution in [2.45, 2.75) is 13.5 Å². The van der Waals surface area contributed by atoms with Crippen LogP contribution in [0.4, 0.5) is 11.4 Å². The van der Waals surface area contributed by atoms with Crippen molar-refractivity contribution in [2.24, 2.45) is 7.05 Å². The van der Waals surface area contributed by atoms with Crippen LogP contribution in [0.25, 0.3) is 0 Å². The minimum absolute atomic E-state index is 0.110. The number of rotatable bonds is 4. The number of aryl methyl sites for hydroxylation is 1. The Kier molecular flexibility index (Phi) is 3.22. The van der Waals surface area contributed by atoms with Gasteiger partial charge in [-0.05, 0) is 13.0 Å². The summed E-state index contributed by atoms with van der Waals surface area (Å²) >= 11 is 0. The van der Waals surface area contributed by atoms with E-state index in [1.54, 1.807) is 37.0 Å². The summed E-state index contributed by atoms with van der Waals surface area (Å²) in [5.41, 5.74) is 2.24. The van der Waals surface area contributed by atoms with E-state index in [-0.39, 0.29) is 10.6 Å². The lowest BCUT2D eigenvalue weighted by Crippen LogP contribution is -2.03. The lowest BCUT2D eigenvalue weighted by Gasteiger charge is -2.07. The van der Waals surface area contributed by atoms with Crippen molar-refractivity contribution in [3.8, 4) is 0 Å². The summed E-state index contributed by atoms with van der Waals surface area (Å²) in [4.78, 5) is 10.4. The van der Waals surface area contributed by atoms with Gasteiger partial charge in [-0.2, -0.15) is 0 Å². The molecule has 0 atom stereocenters. The average molecular weight is 247 g/mol. The van der Waals surface area contributed by atoms with Gasteiger partial charge >= 0.3 is 0 Å². The molecule has 0 aliphatic carbocycles. The Morgan fingerprint density at radius 3 is 2.89 bits per heavy atom. The molecule has 0 bridgehead atoms. The van der Waals surface area contributed by atoms with E-state index in [0.29, 0.717) is 12.1 Å². The van der Waals surface area contributed by atoms with Gasteiger partial charge in [0, 0.05) is 30.6 Å². The summed E-state index contributed by atoms with van der Waals surface area (Å²) in [7, 11) is 1.79. The molecule has 7 heteroatoms. The molecule has 1 aromatic carbocycles. The van der Waals surface area contributed by atoms with Crippen LogP contribution in [0.5, 0.6) is 0 Å². The molecular formula is C11H13N5O2. The molecule has 0 saturated heterocycles. The maximum Gasteiger partial charge on any atom is 0.274 e. The third kappa shape index (κ3) is 2.45. The van der Waals surface area contributed by atoms with Gasteiger partial charge < -0.3 is 5.32 Å². The number of nitro benzene ring substituents is 1. The molecule has 1 aromatic heterocycles. The minimum atomic E-state index is -0.386. The fraction of sp³-hybridized carbons (Fsp3) is 0.273. The van der Waals surface area contributed by atoms with Gasteiger partial charge in [-0.15, -0.1) is 5.10 Å². The Labute approximate surface area is 104 Å². The van der Waals surface area contributed by atoms with Crippen LogP contribution in [0.2, 0.25) is 0 Å². The van der Waals surface area contributed by atoms with Gasteiger partial charge in [0.2, 0.25) is 0 Å². The van der Waals surface area contributed by atoms with Crippen LogP contribution >= 0.6 is 0 Å². The van der Waals surface area contributed by atoms with Crippen LogP contribution in [-0.2, 0) is 13.6 Å². The summed E-state index contributed by atoms with van der Waals surface area (Å²) in [6, 6.07) is 4.95. The number of nitro groups is 1. The molecule has 1 heterocycles. The molecule has 94 valence electrons. The minimum Gasteiger partial charge on any atom is -0.379 e. The molecule has 0 fully saturated rings. The predicted molar refractivity (Wildman–Crippen MR) is 66.2 cm³/mol. The summed E-state index contributed by atoms with van der Waals surface area (Å²) < 4.78 is 1.61. The van der Waals surface area contributed by atoms with Gasteiger partial charge in [0.25, 0.3) is 5.69 Å². The van der Waals surface area contributed by atoms with Gasteiger partial charge in [-0.25, -0.2) is 0 Å². The van der Waals surface area contributed by atoms with Gasteiger partial charge in [0.05, 0.1) is 11.5 Å². The van der Waals surface area contributed by atoms with Crippen LogP contribution in [-0.4, -0.2) is 19.9 Å². The standard InChI is InChI=1S/C11H13N5O2/c1-8-10(4-3-5-11(8)16(17)18)12-6-9-7-15(2)14-13-9/h3-5,7,12H,6H2,1-2H3. The molecule has 0 aliphatic rings. The first-order valence-corrected chi connectivity index (χ1v) is 5.41. The Morgan fingerprint density at radius 2 is 2.28 bits per heavy atom. The monoisotopic (exact) mass is 247 g/mol. The van der Waals surface area contributed by atoms with E-state index >= 15 is 0 Å². The number of anilines is 1. The van der Waals surface area contributed by atoms with Crippen LogP contribution < -0.4 is 5.32 Å². The van der Waals surface area contributed by atoms with E-state index in [1.165, 1.54) is 6.07 Å². The number of aromatic nitrogens is 3. The Morgan fingerprint density at radius 1 is 1.50 bits per heavy atom. The normalized spacial score (nSPS) is 10.3. The van der Waals surface area contributed by atoms with Crippen molar-refractivity contribution in [3.05, 3.63) is 45.8 Å². The first-order valence-electron chi connectivity index (χ1n) is 5.41. The van der Waals surface area contributed by atoms with E-state index < -0.39 is 0 Å². The SMILES string of the molecule is Cc1c(NCc2cn(C)nn2)cccc1[N+](=O)[O-]. The number of benzene rings is 1. The van der Waals surface area contributed by atoms with Crippen molar-refractivity contribution in [2.75, 3.05) is 5.32 Å². The number of hydrogen-bond acceptors (Lipinski definition) is 5. The highest BCUT2D eigenvalue weighted by Crippen LogP contribution is 2.25. The van der Waals surface area contributed by atoms with Crippen molar-refractivity contribution in [3.63, 3.8) is 0 Å². The molecule has 0 unspecified atom stereocenters. The van der Waals surface area contributed by atoms with E-state index in [2.05, 4.69) is 15.6 Å². The molecule has 2 aromatic rings. The summed E-state index contributed by atoms with van der Waals surface area (Å²) in [5.74, 6) is 0. The largest absolute Gasteiger partial charge is 0.379 e. The molecule has 0 radical (unpaired) electrons. The Hall–Kier alpha value is -2.44. The highest BCUT2D eigenvalue weighted by molar-refractivity contribution is 5.59. The maximum atomic E-state index is 10.8. The zero-order valence-corrected chi connectivity index (χ0v) is 10.1. The lowest BCUT2D eigenvalue weighted by atomic mass is 10.1. The number of nitrogens with zero attached hydrogens (tertiary/aromatic N) is 4. The molecule has 7 nitrogen and oxygen atoms in total. The van der Waals surface area contributed by atoms with Crippen molar-refractivity contribution in [1.29, 1.82) is 0 Å². The molecule has 2 rings (SSSR count). The second-order valence-corrected chi connectivity index (χ2v) is 3.94. The summed E-state index contributed by atoms with van der Waals surface area (Å²) in [5, 5.41) is 21.7. The molecule has 0 amide bonds. The topological polar surface area (TPSA) is 85.9 Å². The Bertz CT molecular complexity index is 579. The van der Waals surface area contributed by atoms with E-state index in [1.807, 2.05) is 0 Å². The molecule has 0 saturated carbocycles. The van der Waals surface area contributed by atoms with Crippen LogP contribution in [0.3, 0.4) is 0 Å². The fourth-order valence-corrected chi connectivity index (χ4v) is 1.67. The Balaban J connectivity index is 2.14. The van der Waals surface area contributed by atoms with Crippen molar-refractivity contribution in [1.82, 2.24) is 15.0 Å². The first-order chi connectivity index (χ1) is 8.58. The third-order valence-corrected chi connectivity index (χ3v) is 2.61. The zero-order valence-electron chi connectivity index (χ0n) is 10.1. The van der Waals surface area contributed by atoms with E-state index in [9.17, 15) is 10.1 Å². The number of hydrogen-bond donors (Lipinski definition) is 1. The predicted octanol–water partition coefficient (Wildman–Crippen LogP) is 1.64. The quantitative estimate of drug-likeness (QED) is 0.655. The van der Waals surface area contributed by atoms with Crippen molar-refractivity contribution < 1.29 is 4.92 Å². The first kappa shape index (κ1) is 12.0. The molecule has 1 N–H and O–H groups in total. The second-order valence-electron chi connectivity index (χ2n) is 3.94. The zero-order chi connectivity index (χ0) is 13.1. The highest BCUT2D eigenvalue weighted by Gasteiger charge is 2.12. The van der Waals surface area contributed by atoms with Gasteiger partial charge in [0.15, 0.2) is 0 Å². The van der Waals surface area contributed by atoms with Crippen LogP contribution in [0.1, 0.15) is 11.3 Å². The van der Waals surface area contributed by atoms with E-state index in [4.69, 9.17) is 0 Å². The van der Waals surface area contributed by atoms with Gasteiger partial charge in [0.1, 0.15) is 5.69 Å². The van der Waals surface area contributed by atoms with Gasteiger partial charge in [-0.1, -0.05) is 11.3 Å². The lowest BCUT2D eigenvalue weighted by molar-refractivity contribution is -0.385. The van der Waals surface area contributed by atoms with Crippen molar-refractivity contribution >= 4 is 11.4 Å². The number of nitrogens with one attached hydrogen (secondary N) is 1. The maximum absolute atomic E-state index is 10.8. The van der Waals surface area contributed by atoms with Gasteiger partial charge in [-0.3, -0.25) is 14.8 Å². The van der Waals surface area contributed by atoms with Crippen LogP contribution in [0.15, 0.2) is 24.4 Å². The smallest absolute Gasteiger partial charge is 0.274 e. The molecule has 0 aliphatic heterocycles. The van der Waals surface area contributed by atoms with Crippen LogP contribution in [0, 0.1) is 17.0 Å². The molecular weight excluding hydrogens is 234 g/mol. The molecule has 0 spiro atoms. The average Bonchev–Trinajstić information content (AvgIpc) is 2.73. The highest BCUT2D eigenvalue weighted by atomic mass is 16.6. The summed E-state index contributed by atoms with van der Waals surface area (Å²) in [6.07, 6.45) is 1.79. The molecule has 18 heavy (non-hydrogen) atoms.